The Labute approximate surface area is 301 Å². The van der Waals surface area contributed by atoms with Crippen LogP contribution in [0.4, 0.5) is 11.5 Å². The average molecular weight is 719 g/mol. The van der Waals surface area contributed by atoms with Crippen molar-refractivity contribution in [1.82, 2.24) is 30.1 Å². The molecule has 2 aromatic heterocycles. The van der Waals surface area contributed by atoms with Crippen molar-refractivity contribution < 1.29 is 38.2 Å². The Morgan fingerprint density at radius 2 is 1.71 bits per heavy atom. The van der Waals surface area contributed by atoms with Crippen LogP contribution in [0.5, 0.6) is 0 Å². The Hall–Kier alpha value is -4.93. The molecule has 278 valence electrons. The molecule has 4 heterocycles. The number of amides is 5. The van der Waals surface area contributed by atoms with Crippen molar-refractivity contribution in [1.29, 1.82) is 0 Å². The summed E-state index contributed by atoms with van der Waals surface area (Å²) in [6.45, 7) is 4.59. The van der Waals surface area contributed by atoms with E-state index in [2.05, 4.69) is 44.3 Å². The summed E-state index contributed by atoms with van der Waals surface area (Å²) in [5.74, 6) is -1.28. The second-order valence-corrected chi connectivity index (χ2v) is 13.1. The highest BCUT2D eigenvalue weighted by Crippen LogP contribution is 2.32. The molecule has 3 atom stereocenters. The van der Waals surface area contributed by atoms with Gasteiger partial charge in [-0.15, -0.1) is 0 Å². The molecule has 1 saturated carbocycles. The number of anilines is 2. The molecule has 1 aromatic carbocycles. The third-order valence-electron chi connectivity index (χ3n) is 9.32. The number of aromatic nitrogens is 3. The number of hydrogen-bond donors (Lipinski definition) is 4. The SMILES string of the molecule is CCCc1cc(N[C@@H]2CC[C@@H](NC(=O)CCOCCOCCOCCNc3cccc4c3C(=O)N(C3CCC(=O)NC3=O)C4=O)C2)n2nccc2n1. The number of imide groups is 2. The topological polar surface area (TPSA) is 195 Å². The van der Waals surface area contributed by atoms with Crippen LogP contribution >= 0.6 is 0 Å². The lowest BCUT2D eigenvalue weighted by Crippen LogP contribution is -2.54. The van der Waals surface area contributed by atoms with Crippen LogP contribution in [0.3, 0.4) is 0 Å². The molecule has 16 nitrogen and oxygen atoms in total. The fourth-order valence-corrected chi connectivity index (χ4v) is 6.83. The Bertz CT molecular complexity index is 1780. The molecule has 4 N–H and O–H groups in total. The number of nitrogens with zero attached hydrogens (tertiary/aromatic N) is 4. The first kappa shape index (κ1) is 36.8. The molecule has 16 heteroatoms. The van der Waals surface area contributed by atoms with Gasteiger partial charge in [-0.1, -0.05) is 19.4 Å². The summed E-state index contributed by atoms with van der Waals surface area (Å²) < 4.78 is 18.6. The number of carbonyl (C=O) groups is 5. The maximum absolute atomic E-state index is 13.2. The third-order valence-corrected chi connectivity index (χ3v) is 9.32. The Kier molecular flexibility index (Phi) is 12.4. The van der Waals surface area contributed by atoms with Gasteiger partial charge in [0, 0.05) is 55.0 Å². The first-order valence-electron chi connectivity index (χ1n) is 18.0. The average Bonchev–Trinajstić information content (AvgIpc) is 3.84. The van der Waals surface area contributed by atoms with Gasteiger partial charge in [0.25, 0.3) is 11.8 Å². The van der Waals surface area contributed by atoms with Crippen molar-refractivity contribution in [3.05, 3.63) is 53.3 Å². The Morgan fingerprint density at radius 3 is 2.50 bits per heavy atom. The highest BCUT2D eigenvalue weighted by atomic mass is 16.5. The molecule has 52 heavy (non-hydrogen) atoms. The summed E-state index contributed by atoms with van der Waals surface area (Å²) in [4.78, 5) is 68.1. The van der Waals surface area contributed by atoms with E-state index in [1.807, 2.05) is 10.6 Å². The predicted octanol–water partition coefficient (Wildman–Crippen LogP) is 2.08. The molecule has 5 amide bonds. The van der Waals surface area contributed by atoms with E-state index in [1.165, 1.54) is 0 Å². The second-order valence-electron chi connectivity index (χ2n) is 13.1. The number of ether oxygens (including phenoxy) is 3. The van der Waals surface area contributed by atoms with Crippen LogP contribution in [0.1, 0.15) is 78.3 Å². The van der Waals surface area contributed by atoms with E-state index < -0.39 is 29.7 Å². The molecule has 0 radical (unpaired) electrons. The maximum Gasteiger partial charge on any atom is 0.264 e. The number of fused-ring (bicyclic) bond motifs is 2. The van der Waals surface area contributed by atoms with Crippen LogP contribution < -0.4 is 21.3 Å². The van der Waals surface area contributed by atoms with Crippen LogP contribution in [0.2, 0.25) is 0 Å². The zero-order valence-electron chi connectivity index (χ0n) is 29.4. The summed E-state index contributed by atoms with van der Waals surface area (Å²) in [6, 6.07) is 8.22. The van der Waals surface area contributed by atoms with Gasteiger partial charge in [-0.05, 0) is 44.2 Å². The van der Waals surface area contributed by atoms with Gasteiger partial charge in [0.1, 0.15) is 11.9 Å². The highest BCUT2D eigenvalue weighted by molar-refractivity contribution is 6.25. The maximum atomic E-state index is 13.2. The molecular formula is C36H46N8O8. The second kappa shape index (κ2) is 17.5. The standard InChI is InChI=1S/C36H46N8O8/c1-2-4-23-22-30(44-29(39-23)11-13-38-44)40-24-7-8-25(21-24)41-32(46)12-15-50-17-19-52-20-18-51-16-14-37-27-6-3-5-26-33(27)36(49)43(35(26)48)28-9-10-31(45)42-34(28)47/h3,5-6,11,13,22,24-25,28,37,40H,2,4,7-10,12,14-21H2,1H3,(H,41,46)(H,42,45,47)/t24-,25-,28?/m1/s1. The quantitative estimate of drug-likeness (QED) is 0.104. The van der Waals surface area contributed by atoms with Crippen molar-refractivity contribution in [2.45, 2.75) is 76.4 Å². The number of nitrogens with one attached hydrogen (secondary N) is 4. The lowest BCUT2D eigenvalue weighted by atomic mass is 10.0. The molecule has 0 spiro atoms. The van der Waals surface area contributed by atoms with E-state index in [0.717, 1.165) is 54.2 Å². The summed E-state index contributed by atoms with van der Waals surface area (Å²) >= 11 is 0. The molecule has 2 aliphatic heterocycles. The summed E-state index contributed by atoms with van der Waals surface area (Å²) in [7, 11) is 0. The van der Waals surface area contributed by atoms with Crippen LogP contribution in [0.15, 0.2) is 36.5 Å². The van der Waals surface area contributed by atoms with Gasteiger partial charge in [0.05, 0.1) is 57.0 Å². The minimum Gasteiger partial charge on any atom is -0.382 e. The number of hydrogen-bond acceptors (Lipinski definition) is 12. The predicted molar refractivity (Wildman–Crippen MR) is 189 cm³/mol. The largest absolute Gasteiger partial charge is 0.382 e. The first-order valence-corrected chi connectivity index (χ1v) is 18.0. The van der Waals surface area contributed by atoms with E-state index in [9.17, 15) is 24.0 Å². The van der Waals surface area contributed by atoms with E-state index in [4.69, 9.17) is 14.2 Å². The van der Waals surface area contributed by atoms with Crippen molar-refractivity contribution >= 4 is 46.7 Å². The summed E-state index contributed by atoms with van der Waals surface area (Å²) in [5, 5.41) is 16.5. The number of carbonyl (C=O) groups excluding carboxylic acids is 5. The Morgan fingerprint density at radius 1 is 0.942 bits per heavy atom. The molecule has 1 unspecified atom stereocenters. The van der Waals surface area contributed by atoms with Crippen LogP contribution in [0, 0.1) is 0 Å². The van der Waals surface area contributed by atoms with Crippen molar-refractivity contribution in [2.75, 3.05) is 56.8 Å². The number of piperidine rings is 1. The molecule has 1 saturated heterocycles. The molecule has 1 aliphatic carbocycles. The third kappa shape index (κ3) is 8.92. The van der Waals surface area contributed by atoms with Gasteiger partial charge in [-0.3, -0.25) is 34.2 Å². The van der Waals surface area contributed by atoms with Gasteiger partial charge in [0.2, 0.25) is 17.7 Å². The normalized spacial score (nSPS) is 20.0. The molecular weight excluding hydrogens is 672 g/mol. The van der Waals surface area contributed by atoms with Crippen molar-refractivity contribution in [2.24, 2.45) is 0 Å². The number of benzene rings is 1. The smallest absolute Gasteiger partial charge is 0.264 e. The van der Waals surface area contributed by atoms with Crippen LogP contribution in [-0.4, -0.2) is 113 Å². The van der Waals surface area contributed by atoms with E-state index >= 15 is 0 Å². The lowest BCUT2D eigenvalue weighted by molar-refractivity contribution is -0.136. The van der Waals surface area contributed by atoms with Gasteiger partial charge in [0.15, 0.2) is 5.65 Å². The van der Waals surface area contributed by atoms with E-state index in [0.29, 0.717) is 51.9 Å². The monoisotopic (exact) mass is 718 g/mol. The van der Waals surface area contributed by atoms with Crippen molar-refractivity contribution in [3.8, 4) is 0 Å². The van der Waals surface area contributed by atoms with Gasteiger partial charge in [-0.2, -0.15) is 9.61 Å². The zero-order valence-corrected chi connectivity index (χ0v) is 29.4. The number of aryl methyl sites for hydroxylation is 1. The minimum atomic E-state index is -1.02. The van der Waals surface area contributed by atoms with Gasteiger partial charge in [-0.25, -0.2) is 4.98 Å². The summed E-state index contributed by atoms with van der Waals surface area (Å²) in [6.07, 6.45) is 6.83. The minimum absolute atomic E-state index is 0.0275. The first-order chi connectivity index (χ1) is 25.3. The molecule has 2 fully saturated rings. The summed E-state index contributed by atoms with van der Waals surface area (Å²) in [5.41, 5.74) is 2.76. The molecule has 3 aliphatic rings. The Balaban J connectivity index is 0.794. The number of rotatable bonds is 19. The van der Waals surface area contributed by atoms with E-state index in [-0.39, 0.29) is 48.4 Å². The van der Waals surface area contributed by atoms with Gasteiger partial charge < -0.3 is 30.2 Å². The molecule has 6 rings (SSSR count). The molecule has 3 aromatic rings. The highest BCUT2D eigenvalue weighted by Gasteiger charge is 2.45. The van der Waals surface area contributed by atoms with Gasteiger partial charge >= 0.3 is 0 Å². The zero-order chi connectivity index (χ0) is 36.5. The van der Waals surface area contributed by atoms with Crippen LogP contribution in [0.25, 0.3) is 5.65 Å². The fourth-order valence-electron chi connectivity index (χ4n) is 6.83. The fraction of sp³-hybridized carbons (Fsp3) is 0.528. The molecule has 0 bridgehead atoms. The van der Waals surface area contributed by atoms with Crippen LogP contribution in [-0.2, 0) is 35.0 Å². The van der Waals surface area contributed by atoms with Crippen molar-refractivity contribution in [3.63, 3.8) is 0 Å². The van der Waals surface area contributed by atoms with E-state index in [1.54, 1.807) is 24.4 Å². The lowest BCUT2D eigenvalue weighted by Gasteiger charge is -2.27.